The Balaban J connectivity index is 2.23. The monoisotopic (exact) mass is 280 g/mol. The van der Waals surface area contributed by atoms with E-state index in [1.807, 2.05) is 0 Å². The smallest absolute Gasteiger partial charge is 0.179 e. The fourth-order valence-corrected chi connectivity index (χ4v) is 2.30. The van der Waals surface area contributed by atoms with Crippen LogP contribution in [-0.2, 0) is 0 Å². The molecule has 0 saturated heterocycles. The lowest BCUT2D eigenvalue weighted by Gasteiger charge is -2.17. The number of benzene rings is 1. The van der Waals surface area contributed by atoms with Crippen molar-refractivity contribution in [2.24, 2.45) is 5.92 Å². The van der Waals surface area contributed by atoms with Crippen LogP contribution in [0.25, 0.3) is 0 Å². The topological polar surface area (TPSA) is 54.3 Å². The van der Waals surface area contributed by atoms with Gasteiger partial charge >= 0.3 is 0 Å². The number of hydrogen-bond acceptors (Lipinski definition) is 4. The van der Waals surface area contributed by atoms with Gasteiger partial charge in [0.05, 0.1) is 25.3 Å². The van der Waals surface area contributed by atoms with E-state index in [-0.39, 0.29) is 0 Å². The molecule has 0 heterocycles. The molecule has 1 unspecified atom stereocenters. The van der Waals surface area contributed by atoms with Crippen LogP contribution in [0.4, 0.5) is 0 Å². The molecular weight excluding hydrogens is 264 g/mol. The Morgan fingerprint density at radius 2 is 2.16 bits per heavy atom. The lowest BCUT2D eigenvalue weighted by atomic mass is 10.1. The third-order valence-corrected chi connectivity index (χ3v) is 3.65. The Labute approximate surface area is 118 Å². The quantitative estimate of drug-likeness (QED) is 0.870. The predicted octanol–water partition coefficient (Wildman–Crippen LogP) is 2.92. The number of methoxy groups -OCH3 is 2. The number of hydrogen-bond donors (Lipinski definition) is 1. The van der Waals surface area contributed by atoms with Gasteiger partial charge in [-0.25, -0.2) is 0 Å². The highest BCUT2D eigenvalue weighted by atomic mass is 35.5. The number of halogens is 1. The van der Waals surface area contributed by atoms with Gasteiger partial charge in [-0.05, 0) is 31.4 Å². The molecule has 1 aliphatic rings. The van der Waals surface area contributed by atoms with Crippen molar-refractivity contribution in [2.45, 2.75) is 18.9 Å². The standard InChI is InChI=1S/C14H17ClN2O2/c1-18-12-6-5-10(13(15)14(12)19-2)11(7-16)17-8-9-3-4-9/h5-6,9,11,17H,3-4,8H2,1-2H3. The van der Waals surface area contributed by atoms with Crippen molar-refractivity contribution in [1.29, 1.82) is 5.26 Å². The highest BCUT2D eigenvalue weighted by Crippen LogP contribution is 2.39. The molecule has 19 heavy (non-hydrogen) atoms. The van der Waals surface area contributed by atoms with Gasteiger partial charge in [-0.3, -0.25) is 5.32 Å². The first-order valence-corrected chi connectivity index (χ1v) is 6.62. The third kappa shape index (κ3) is 3.12. The molecule has 0 aromatic heterocycles. The van der Waals surface area contributed by atoms with E-state index in [1.54, 1.807) is 19.2 Å². The number of nitriles is 1. The molecule has 1 atom stereocenters. The van der Waals surface area contributed by atoms with Crippen LogP contribution in [0.1, 0.15) is 24.4 Å². The summed E-state index contributed by atoms with van der Waals surface area (Å²) in [6.45, 7) is 0.850. The molecule has 1 aromatic rings. The van der Waals surface area contributed by atoms with Gasteiger partial charge in [-0.1, -0.05) is 17.7 Å². The molecule has 1 fully saturated rings. The van der Waals surface area contributed by atoms with Crippen LogP contribution < -0.4 is 14.8 Å². The molecule has 5 heteroatoms. The van der Waals surface area contributed by atoms with Gasteiger partial charge in [0.25, 0.3) is 0 Å². The highest BCUT2D eigenvalue weighted by Gasteiger charge is 2.24. The molecule has 0 spiro atoms. The molecule has 1 aromatic carbocycles. The maximum atomic E-state index is 9.28. The fourth-order valence-electron chi connectivity index (χ4n) is 1.96. The van der Waals surface area contributed by atoms with Crippen molar-refractivity contribution >= 4 is 11.6 Å². The first-order valence-electron chi connectivity index (χ1n) is 6.24. The molecule has 0 aliphatic heterocycles. The first-order chi connectivity index (χ1) is 9.21. The van der Waals surface area contributed by atoms with E-state index in [0.717, 1.165) is 12.1 Å². The Bertz CT molecular complexity index is 495. The summed E-state index contributed by atoms with van der Waals surface area (Å²) >= 11 is 6.30. The Morgan fingerprint density at radius 1 is 1.42 bits per heavy atom. The number of nitrogens with zero attached hydrogens (tertiary/aromatic N) is 1. The van der Waals surface area contributed by atoms with Crippen molar-refractivity contribution < 1.29 is 9.47 Å². The van der Waals surface area contributed by atoms with Crippen LogP contribution in [0, 0.1) is 17.2 Å². The summed E-state index contributed by atoms with van der Waals surface area (Å²) < 4.78 is 10.4. The molecule has 0 amide bonds. The van der Waals surface area contributed by atoms with E-state index in [4.69, 9.17) is 21.1 Å². The molecule has 0 radical (unpaired) electrons. The minimum Gasteiger partial charge on any atom is -0.493 e. The van der Waals surface area contributed by atoms with Crippen molar-refractivity contribution in [2.75, 3.05) is 20.8 Å². The van der Waals surface area contributed by atoms with Crippen molar-refractivity contribution in [3.63, 3.8) is 0 Å². The predicted molar refractivity (Wildman–Crippen MR) is 73.6 cm³/mol. The second-order valence-electron chi connectivity index (χ2n) is 4.62. The SMILES string of the molecule is COc1ccc(C(C#N)NCC2CC2)c(Cl)c1OC. The second-order valence-corrected chi connectivity index (χ2v) is 5.00. The minimum absolute atomic E-state index is 0.423. The van der Waals surface area contributed by atoms with Crippen molar-refractivity contribution in [3.05, 3.63) is 22.7 Å². The molecule has 1 aliphatic carbocycles. The van der Waals surface area contributed by atoms with E-state index in [0.29, 0.717) is 22.4 Å². The molecule has 102 valence electrons. The van der Waals surface area contributed by atoms with Gasteiger partial charge in [-0.2, -0.15) is 5.26 Å². The number of ether oxygens (including phenoxy) is 2. The van der Waals surface area contributed by atoms with Crippen LogP contribution in [0.3, 0.4) is 0 Å². The minimum atomic E-state index is -0.423. The van der Waals surface area contributed by atoms with E-state index >= 15 is 0 Å². The zero-order valence-corrected chi connectivity index (χ0v) is 11.8. The second kappa shape index (κ2) is 6.14. The highest BCUT2D eigenvalue weighted by molar-refractivity contribution is 6.33. The van der Waals surface area contributed by atoms with E-state index in [1.165, 1.54) is 20.0 Å². The molecule has 0 bridgehead atoms. The zero-order chi connectivity index (χ0) is 13.8. The lowest BCUT2D eigenvalue weighted by molar-refractivity contribution is 0.354. The van der Waals surface area contributed by atoms with Crippen LogP contribution in [-0.4, -0.2) is 20.8 Å². The van der Waals surface area contributed by atoms with Crippen molar-refractivity contribution in [1.82, 2.24) is 5.32 Å². The summed E-state index contributed by atoms with van der Waals surface area (Å²) in [6.07, 6.45) is 2.48. The maximum absolute atomic E-state index is 9.28. The third-order valence-electron chi connectivity index (χ3n) is 3.26. The summed E-state index contributed by atoms with van der Waals surface area (Å²) in [6, 6.07) is 5.39. The van der Waals surface area contributed by atoms with E-state index in [2.05, 4.69) is 11.4 Å². The molecule has 4 nitrogen and oxygen atoms in total. The number of rotatable bonds is 6. The summed E-state index contributed by atoms with van der Waals surface area (Å²) in [5, 5.41) is 12.9. The molecule has 1 saturated carbocycles. The van der Waals surface area contributed by atoms with Gasteiger partial charge in [0.1, 0.15) is 6.04 Å². The van der Waals surface area contributed by atoms with E-state index < -0.39 is 6.04 Å². The zero-order valence-electron chi connectivity index (χ0n) is 11.1. The van der Waals surface area contributed by atoms with Gasteiger partial charge in [0, 0.05) is 5.56 Å². The van der Waals surface area contributed by atoms with Crippen LogP contribution in [0.15, 0.2) is 12.1 Å². The molecular formula is C14H17ClN2O2. The summed E-state index contributed by atoms with van der Waals surface area (Å²) in [5.41, 5.74) is 0.725. The Morgan fingerprint density at radius 3 is 2.68 bits per heavy atom. The molecule has 1 N–H and O–H groups in total. The average molecular weight is 281 g/mol. The van der Waals surface area contributed by atoms with Crippen molar-refractivity contribution in [3.8, 4) is 17.6 Å². The molecule has 2 rings (SSSR count). The van der Waals surface area contributed by atoms with E-state index in [9.17, 15) is 5.26 Å². The Hall–Kier alpha value is -1.44. The van der Waals surface area contributed by atoms with Gasteiger partial charge < -0.3 is 9.47 Å². The van der Waals surface area contributed by atoms with Crippen LogP contribution >= 0.6 is 11.6 Å². The fraction of sp³-hybridized carbons (Fsp3) is 0.500. The lowest BCUT2D eigenvalue weighted by Crippen LogP contribution is -2.22. The average Bonchev–Trinajstić information content (AvgIpc) is 3.24. The van der Waals surface area contributed by atoms with Gasteiger partial charge in [0.15, 0.2) is 11.5 Å². The van der Waals surface area contributed by atoms with Gasteiger partial charge in [0.2, 0.25) is 0 Å². The summed E-state index contributed by atoms with van der Waals surface area (Å²) in [7, 11) is 3.09. The number of nitrogens with one attached hydrogen (secondary N) is 1. The summed E-state index contributed by atoms with van der Waals surface area (Å²) in [5.74, 6) is 1.74. The van der Waals surface area contributed by atoms with Crippen LogP contribution in [0.5, 0.6) is 11.5 Å². The largest absolute Gasteiger partial charge is 0.493 e. The normalized spacial score (nSPS) is 15.7. The summed E-state index contributed by atoms with van der Waals surface area (Å²) in [4.78, 5) is 0. The van der Waals surface area contributed by atoms with Crippen LogP contribution in [0.2, 0.25) is 5.02 Å². The maximum Gasteiger partial charge on any atom is 0.179 e. The first kappa shape index (κ1) is 14.0. The Kier molecular flexibility index (Phi) is 4.52. The van der Waals surface area contributed by atoms with Gasteiger partial charge in [-0.15, -0.1) is 0 Å².